The van der Waals surface area contributed by atoms with Gasteiger partial charge in [-0.3, -0.25) is 0 Å². The standard InChI is InChI=1S/C11H13F3N2/c1-6-3-2-4-9(6)15-11-8(13)5-7(12)10(14)16-11/h5-6,9H,2-4H2,1H3,(H,15,16). The molecule has 16 heavy (non-hydrogen) atoms. The first-order valence-corrected chi connectivity index (χ1v) is 5.36. The highest BCUT2D eigenvalue weighted by molar-refractivity contribution is 5.37. The molecule has 0 saturated heterocycles. The first kappa shape index (κ1) is 11.2. The molecule has 2 unspecified atom stereocenters. The van der Waals surface area contributed by atoms with E-state index in [0.717, 1.165) is 19.3 Å². The smallest absolute Gasteiger partial charge is 0.251 e. The molecule has 0 radical (unpaired) electrons. The molecule has 2 atom stereocenters. The molecule has 5 heteroatoms. The third-order valence-corrected chi connectivity index (χ3v) is 3.07. The van der Waals surface area contributed by atoms with Crippen LogP contribution in [0.5, 0.6) is 0 Å². The van der Waals surface area contributed by atoms with Crippen molar-refractivity contribution in [1.82, 2.24) is 4.98 Å². The number of halogens is 3. The van der Waals surface area contributed by atoms with E-state index in [0.29, 0.717) is 12.0 Å². The summed E-state index contributed by atoms with van der Waals surface area (Å²) in [6.45, 7) is 2.04. The molecular weight excluding hydrogens is 217 g/mol. The van der Waals surface area contributed by atoms with Gasteiger partial charge in [0.25, 0.3) is 5.95 Å². The highest BCUT2D eigenvalue weighted by Crippen LogP contribution is 2.28. The Labute approximate surface area is 91.9 Å². The molecule has 0 amide bonds. The zero-order chi connectivity index (χ0) is 11.7. The van der Waals surface area contributed by atoms with Gasteiger partial charge in [-0.1, -0.05) is 13.3 Å². The van der Waals surface area contributed by atoms with E-state index in [4.69, 9.17) is 0 Å². The van der Waals surface area contributed by atoms with Gasteiger partial charge in [0.05, 0.1) is 0 Å². The quantitative estimate of drug-likeness (QED) is 0.790. The number of rotatable bonds is 2. The topological polar surface area (TPSA) is 24.9 Å². The zero-order valence-electron chi connectivity index (χ0n) is 8.93. The fourth-order valence-corrected chi connectivity index (χ4v) is 2.08. The number of nitrogens with one attached hydrogen (secondary N) is 1. The van der Waals surface area contributed by atoms with Crippen molar-refractivity contribution in [3.05, 3.63) is 23.6 Å². The van der Waals surface area contributed by atoms with Gasteiger partial charge in [0, 0.05) is 12.1 Å². The lowest BCUT2D eigenvalue weighted by molar-refractivity contribution is 0.463. The summed E-state index contributed by atoms with van der Waals surface area (Å²) in [6.07, 6.45) is 3.02. The van der Waals surface area contributed by atoms with Crippen LogP contribution in [0, 0.1) is 23.5 Å². The minimum atomic E-state index is -1.27. The first-order valence-electron chi connectivity index (χ1n) is 5.36. The summed E-state index contributed by atoms with van der Waals surface area (Å²) >= 11 is 0. The molecule has 1 aliphatic rings. The number of nitrogens with zero attached hydrogens (tertiary/aromatic N) is 1. The van der Waals surface area contributed by atoms with Crippen LogP contribution in [0.2, 0.25) is 0 Å². The second-order valence-electron chi connectivity index (χ2n) is 4.25. The normalized spacial score (nSPS) is 24.8. The highest BCUT2D eigenvalue weighted by Gasteiger charge is 2.25. The molecule has 0 aliphatic heterocycles. The van der Waals surface area contributed by atoms with E-state index in [1.54, 1.807) is 0 Å². The van der Waals surface area contributed by atoms with E-state index in [1.807, 2.05) is 6.92 Å². The summed E-state index contributed by atoms with van der Waals surface area (Å²) in [4.78, 5) is 3.24. The summed E-state index contributed by atoms with van der Waals surface area (Å²) in [5.41, 5.74) is 0. The van der Waals surface area contributed by atoms with Crippen LogP contribution in [0.15, 0.2) is 6.07 Å². The summed E-state index contributed by atoms with van der Waals surface area (Å²) in [5.74, 6) is -3.18. The Morgan fingerprint density at radius 3 is 2.62 bits per heavy atom. The van der Waals surface area contributed by atoms with E-state index in [9.17, 15) is 13.2 Å². The molecule has 1 aromatic heterocycles. The van der Waals surface area contributed by atoms with Crippen molar-refractivity contribution in [1.29, 1.82) is 0 Å². The molecule has 1 heterocycles. The maximum Gasteiger partial charge on any atom is 0.251 e. The summed E-state index contributed by atoms with van der Waals surface area (Å²) in [6, 6.07) is 0.608. The third kappa shape index (κ3) is 2.13. The van der Waals surface area contributed by atoms with Crippen LogP contribution in [0.1, 0.15) is 26.2 Å². The first-order chi connectivity index (χ1) is 7.58. The highest BCUT2D eigenvalue weighted by atomic mass is 19.2. The Bertz CT molecular complexity index is 395. The van der Waals surface area contributed by atoms with Gasteiger partial charge in [0.1, 0.15) is 0 Å². The van der Waals surface area contributed by atoms with E-state index in [2.05, 4.69) is 10.3 Å². The lowest BCUT2D eigenvalue weighted by Gasteiger charge is -2.18. The van der Waals surface area contributed by atoms with Gasteiger partial charge in [-0.25, -0.2) is 8.78 Å². The van der Waals surface area contributed by atoms with Crippen molar-refractivity contribution in [2.75, 3.05) is 5.32 Å². The molecule has 1 aromatic rings. The Balaban J connectivity index is 2.18. The van der Waals surface area contributed by atoms with Gasteiger partial charge >= 0.3 is 0 Å². The average molecular weight is 230 g/mol. The van der Waals surface area contributed by atoms with Crippen LogP contribution in [-0.2, 0) is 0 Å². The molecule has 1 fully saturated rings. The van der Waals surface area contributed by atoms with Crippen LogP contribution in [0.25, 0.3) is 0 Å². The van der Waals surface area contributed by atoms with E-state index < -0.39 is 17.6 Å². The fraction of sp³-hybridized carbons (Fsp3) is 0.545. The minimum absolute atomic E-state index is 0.0897. The molecule has 2 rings (SSSR count). The molecule has 0 aromatic carbocycles. The summed E-state index contributed by atoms with van der Waals surface area (Å²) in [7, 11) is 0. The molecule has 1 saturated carbocycles. The largest absolute Gasteiger partial charge is 0.365 e. The lowest BCUT2D eigenvalue weighted by atomic mass is 10.1. The van der Waals surface area contributed by atoms with Crippen LogP contribution < -0.4 is 5.32 Å². The van der Waals surface area contributed by atoms with E-state index in [1.165, 1.54) is 0 Å². The van der Waals surface area contributed by atoms with Crippen LogP contribution >= 0.6 is 0 Å². The number of pyridine rings is 1. The minimum Gasteiger partial charge on any atom is -0.365 e. The van der Waals surface area contributed by atoms with Gasteiger partial charge in [-0.2, -0.15) is 9.37 Å². The lowest BCUT2D eigenvalue weighted by Crippen LogP contribution is -2.23. The van der Waals surface area contributed by atoms with Crippen molar-refractivity contribution < 1.29 is 13.2 Å². The monoisotopic (exact) mass is 230 g/mol. The predicted molar refractivity (Wildman–Crippen MR) is 54.5 cm³/mol. The predicted octanol–water partition coefficient (Wildman–Crippen LogP) is 3.10. The second kappa shape index (κ2) is 4.31. The van der Waals surface area contributed by atoms with Crippen molar-refractivity contribution in [3.8, 4) is 0 Å². The van der Waals surface area contributed by atoms with Gasteiger partial charge in [-0.05, 0) is 18.8 Å². The Hall–Kier alpha value is -1.26. The number of hydrogen-bond donors (Lipinski definition) is 1. The summed E-state index contributed by atoms with van der Waals surface area (Å²) < 4.78 is 38.8. The Morgan fingerprint density at radius 2 is 2.00 bits per heavy atom. The molecule has 0 bridgehead atoms. The summed E-state index contributed by atoms with van der Waals surface area (Å²) in [5, 5.41) is 2.83. The van der Waals surface area contributed by atoms with Crippen molar-refractivity contribution in [3.63, 3.8) is 0 Å². The third-order valence-electron chi connectivity index (χ3n) is 3.07. The van der Waals surface area contributed by atoms with Crippen LogP contribution in [0.4, 0.5) is 19.0 Å². The van der Waals surface area contributed by atoms with Crippen LogP contribution in [0.3, 0.4) is 0 Å². The SMILES string of the molecule is CC1CCCC1Nc1nc(F)c(F)cc1F. The van der Waals surface area contributed by atoms with Gasteiger partial charge in [0.15, 0.2) is 17.5 Å². The van der Waals surface area contributed by atoms with Crippen molar-refractivity contribution in [2.24, 2.45) is 5.92 Å². The maximum absolute atomic E-state index is 13.3. The van der Waals surface area contributed by atoms with Gasteiger partial charge in [0.2, 0.25) is 0 Å². The van der Waals surface area contributed by atoms with Crippen molar-refractivity contribution in [2.45, 2.75) is 32.2 Å². The molecule has 1 aliphatic carbocycles. The van der Waals surface area contributed by atoms with Gasteiger partial charge < -0.3 is 5.32 Å². The molecule has 2 nitrogen and oxygen atoms in total. The number of anilines is 1. The molecule has 1 N–H and O–H groups in total. The number of hydrogen-bond acceptors (Lipinski definition) is 2. The van der Waals surface area contributed by atoms with E-state index in [-0.39, 0.29) is 11.9 Å². The molecule has 0 spiro atoms. The molecular formula is C11H13F3N2. The number of aromatic nitrogens is 1. The maximum atomic E-state index is 13.3. The second-order valence-corrected chi connectivity index (χ2v) is 4.25. The van der Waals surface area contributed by atoms with Crippen molar-refractivity contribution >= 4 is 5.82 Å². The van der Waals surface area contributed by atoms with E-state index >= 15 is 0 Å². The Morgan fingerprint density at radius 1 is 1.25 bits per heavy atom. The molecule has 88 valence electrons. The fourth-order valence-electron chi connectivity index (χ4n) is 2.08. The van der Waals surface area contributed by atoms with Crippen LogP contribution in [-0.4, -0.2) is 11.0 Å². The average Bonchev–Trinajstić information content (AvgIpc) is 2.61. The Kier molecular flexibility index (Phi) is 3.03. The zero-order valence-corrected chi connectivity index (χ0v) is 8.93. The van der Waals surface area contributed by atoms with Gasteiger partial charge in [-0.15, -0.1) is 0 Å².